The molecule has 1 N–H and O–H groups in total. The van der Waals surface area contributed by atoms with Gasteiger partial charge in [-0.1, -0.05) is 18.5 Å². The van der Waals surface area contributed by atoms with Crippen LogP contribution in [0.3, 0.4) is 0 Å². The monoisotopic (exact) mass is 498 g/mol. The third kappa shape index (κ3) is 5.09. The highest BCUT2D eigenvalue weighted by Gasteiger charge is 2.38. The zero-order valence-corrected chi connectivity index (χ0v) is 20.6. The molecule has 10 heteroatoms. The van der Waals surface area contributed by atoms with Crippen LogP contribution >= 0.6 is 11.6 Å². The molecule has 0 saturated carbocycles. The lowest BCUT2D eigenvalue weighted by Gasteiger charge is -2.25. The number of H-pyrrole nitrogens is 1. The van der Waals surface area contributed by atoms with Crippen molar-refractivity contribution >= 4 is 40.0 Å². The number of rotatable bonds is 8. The predicted molar refractivity (Wildman–Crippen MR) is 133 cm³/mol. The van der Waals surface area contributed by atoms with Gasteiger partial charge in [0.05, 0.1) is 43.3 Å². The molecule has 1 aromatic heterocycles. The number of halogens is 1. The van der Waals surface area contributed by atoms with E-state index in [0.29, 0.717) is 51.9 Å². The van der Waals surface area contributed by atoms with Crippen molar-refractivity contribution in [1.29, 1.82) is 0 Å². The van der Waals surface area contributed by atoms with Crippen LogP contribution in [0, 0.1) is 5.92 Å². The van der Waals surface area contributed by atoms with Crippen molar-refractivity contribution in [2.24, 2.45) is 5.92 Å². The summed E-state index contributed by atoms with van der Waals surface area (Å²) >= 11 is 6.06. The Balaban J connectivity index is 1.57. The molecule has 1 aliphatic rings. The Hall–Kier alpha value is -3.59. The third-order valence-electron chi connectivity index (χ3n) is 6.01. The molecule has 1 atom stereocenters. The Morgan fingerprint density at radius 3 is 2.71 bits per heavy atom. The van der Waals surface area contributed by atoms with Crippen LogP contribution in [-0.2, 0) is 16.1 Å². The van der Waals surface area contributed by atoms with Gasteiger partial charge in [-0.3, -0.25) is 14.4 Å². The van der Waals surface area contributed by atoms with Crippen LogP contribution in [-0.4, -0.2) is 54.0 Å². The maximum absolute atomic E-state index is 13.5. The second kappa shape index (κ2) is 10.4. The fourth-order valence-corrected chi connectivity index (χ4v) is 4.49. The van der Waals surface area contributed by atoms with Crippen molar-refractivity contribution in [1.82, 2.24) is 14.9 Å². The molecule has 3 aromatic rings. The summed E-state index contributed by atoms with van der Waals surface area (Å²) < 4.78 is 10.7. The molecular formula is C25H27ClN4O5. The number of ether oxygens (including phenoxy) is 2. The normalized spacial score (nSPS) is 15.5. The van der Waals surface area contributed by atoms with E-state index in [1.807, 2.05) is 6.92 Å². The van der Waals surface area contributed by atoms with E-state index < -0.39 is 5.92 Å². The number of amides is 2. The average molecular weight is 499 g/mol. The number of carbonyl (C=O) groups excluding carboxylic acids is 2. The van der Waals surface area contributed by atoms with Gasteiger partial charge in [-0.15, -0.1) is 0 Å². The Bertz CT molecular complexity index is 1320. The second-order valence-electron chi connectivity index (χ2n) is 8.38. The van der Waals surface area contributed by atoms with Crippen LogP contribution in [0.5, 0.6) is 11.5 Å². The van der Waals surface area contributed by atoms with Gasteiger partial charge in [0.15, 0.2) is 0 Å². The number of carbonyl (C=O) groups is 2. The molecule has 1 fully saturated rings. The maximum atomic E-state index is 13.5. The zero-order chi connectivity index (χ0) is 25.1. The van der Waals surface area contributed by atoms with Crippen molar-refractivity contribution < 1.29 is 19.1 Å². The van der Waals surface area contributed by atoms with E-state index in [4.69, 9.17) is 21.1 Å². The molecule has 0 unspecified atom stereocenters. The van der Waals surface area contributed by atoms with E-state index in [1.165, 1.54) is 7.11 Å². The highest BCUT2D eigenvalue weighted by Crippen LogP contribution is 2.36. The van der Waals surface area contributed by atoms with Crippen LogP contribution in [0.15, 0.2) is 41.2 Å². The summed E-state index contributed by atoms with van der Waals surface area (Å²) in [5.74, 6) is 0.599. The molecule has 4 rings (SSSR count). The van der Waals surface area contributed by atoms with E-state index in [-0.39, 0.29) is 36.9 Å². The first kappa shape index (κ1) is 24.5. The van der Waals surface area contributed by atoms with Crippen molar-refractivity contribution in [2.75, 3.05) is 32.2 Å². The standard InChI is InChI=1S/C25H27ClN4O5/c1-4-9-29(14-22-27-19-11-16(26)5-7-18(19)24(32)28-22)25(33)15-10-23(31)30(13-15)20-12-17(34-2)6-8-21(20)35-3/h5-8,11-12,15H,4,9-10,13-14H2,1-3H3,(H,27,28,32)/t15-/m0/s1. The molecule has 0 radical (unpaired) electrons. The Morgan fingerprint density at radius 2 is 2.00 bits per heavy atom. The third-order valence-corrected chi connectivity index (χ3v) is 6.25. The van der Waals surface area contributed by atoms with Gasteiger partial charge < -0.3 is 24.3 Å². The van der Waals surface area contributed by atoms with Gasteiger partial charge >= 0.3 is 0 Å². The Labute approximate surface area is 207 Å². The van der Waals surface area contributed by atoms with Crippen LogP contribution in [0.1, 0.15) is 25.6 Å². The summed E-state index contributed by atoms with van der Waals surface area (Å²) in [6.45, 7) is 2.77. The largest absolute Gasteiger partial charge is 0.497 e. The first-order valence-corrected chi connectivity index (χ1v) is 11.7. The maximum Gasteiger partial charge on any atom is 0.258 e. The predicted octanol–water partition coefficient (Wildman–Crippen LogP) is 3.39. The van der Waals surface area contributed by atoms with Gasteiger partial charge in [0.2, 0.25) is 11.8 Å². The van der Waals surface area contributed by atoms with Crippen molar-refractivity contribution in [2.45, 2.75) is 26.3 Å². The van der Waals surface area contributed by atoms with Gasteiger partial charge in [0.25, 0.3) is 5.56 Å². The summed E-state index contributed by atoms with van der Waals surface area (Å²) in [5, 5.41) is 0.899. The molecule has 2 amide bonds. The summed E-state index contributed by atoms with van der Waals surface area (Å²) in [6, 6.07) is 10.1. The lowest BCUT2D eigenvalue weighted by atomic mass is 10.1. The fraction of sp³-hybridized carbons (Fsp3) is 0.360. The molecule has 1 aliphatic heterocycles. The molecule has 35 heavy (non-hydrogen) atoms. The van der Waals surface area contributed by atoms with Crippen molar-refractivity contribution in [3.8, 4) is 11.5 Å². The van der Waals surface area contributed by atoms with Crippen LogP contribution in [0.4, 0.5) is 5.69 Å². The smallest absolute Gasteiger partial charge is 0.258 e. The van der Waals surface area contributed by atoms with Gasteiger partial charge in [-0.05, 0) is 36.8 Å². The fourth-order valence-electron chi connectivity index (χ4n) is 4.33. The first-order valence-electron chi connectivity index (χ1n) is 11.3. The summed E-state index contributed by atoms with van der Waals surface area (Å²) in [6.07, 6.45) is 0.792. The lowest BCUT2D eigenvalue weighted by Crippen LogP contribution is -2.38. The lowest BCUT2D eigenvalue weighted by molar-refractivity contribution is -0.136. The number of benzene rings is 2. The topological polar surface area (TPSA) is 105 Å². The second-order valence-corrected chi connectivity index (χ2v) is 8.81. The zero-order valence-electron chi connectivity index (χ0n) is 19.8. The molecule has 9 nitrogen and oxygen atoms in total. The first-order chi connectivity index (χ1) is 16.8. The molecule has 0 aliphatic carbocycles. The highest BCUT2D eigenvalue weighted by molar-refractivity contribution is 6.31. The number of nitrogens with one attached hydrogen (secondary N) is 1. The number of hydrogen-bond donors (Lipinski definition) is 1. The molecule has 184 valence electrons. The Kier molecular flexibility index (Phi) is 7.25. The van der Waals surface area contributed by atoms with Crippen molar-refractivity contribution in [3.63, 3.8) is 0 Å². The van der Waals surface area contributed by atoms with Gasteiger partial charge in [-0.25, -0.2) is 4.98 Å². The van der Waals surface area contributed by atoms with E-state index in [0.717, 1.165) is 0 Å². The average Bonchev–Trinajstić information content (AvgIpc) is 3.23. The van der Waals surface area contributed by atoms with Crippen LogP contribution < -0.4 is 19.9 Å². The van der Waals surface area contributed by atoms with Gasteiger partial charge in [-0.2, -0.15) is 0 Å². The van der Waals surface area contributed by atoms with E-state index >= 15 is 0 Å². The number of aromatic amines is 1. The minimum atomic E-state index is -0.536. The molecule has 0 spiro atoms. The number of methoxy groups -OCH3 is 2. The minimum absolute atomic E-state index is 0.0800. The van der Waals surface area contributed by atoms with Crippen molar-refractivity contribution in [3.05, 3.63) is 57.6 Å². The van der Waals surface area contributed by atoms with Gasteiger partial charge in [0.1, 0.15) is 17.3 Å². The SMILES string of the molecule is CCCN(Cc1nc2cc(Cl)ccc2c(=O)[nH]1)C(=O)[C@H]1CC(=O)N(c2cc(OC)ccc2OC)C1. The number of hydrogen-bond acceptors (Lipinski definition) is 6. The number of nitrogens with zero attached hydrogens (tertiary/aromatic N) is 3. The molecule has 2 heterocycles. The quantitative estimate of drug-likeness (QED) is 0.510. The molecular weight excluding hydrogens is 472 g/mol. The van der Waals surface area contributed by atoms with Crippen LogP contribution in [0.25, 0.3) is 10.9 Å². The number of fused-ring (bicyclic) bond motifs is 1. The molecule has 0 bridgehead atoms. The minimum Gasteiger partial charge on any atom is -0.497 e. The summed E-state index contributed by atoms with van der Waals surface area (Å²) in [5.41, 5.74) is 0.733. The molecule has 1 saturated heterocycles. The summed E-state index contributed by atoms with van der Waals surface area (Å²) in [7, 11) is 3.08. The highest BCUT2D eigenvalue weighted by atomic mass is 35.5. The van der Waals surface area contributed by atoms with E-state index in [2.05, 4.69) is 9.97 Å². The van der Waals surface area contributed by atoms with E-state index in [9.17, 15) is 14.4 Å². The van der Waals surface area contributed by atoms with E-state index in [1.54, 1.807) is 53.3 Å². The van der Waals surface area contributed by atoms with Gasteiger partial charge in [0, 0.05) is 30.6 Å². The number of anilines is 1. The Morgan fingerprint density at radius 1 is 1.20 bits per heavy atom. The number of aromatic nitrogens is 2. The summed E-state index contributed by atoms with van der Waals surface area (Å²) in [4.78, 5) is 49.4. The molecule has 2 aromatic carbocycles. The van der Waals surface area contributed by atoms with Crippen LogP contribution in [0.2, 0.25) is 5.02 Å².